The van der Waals surface area contributed by atoms with Crippen molar-refractivity contribution in [3.8, 4) is 0 Å². The summed E-state index contributed by atoms with van der Waals surface area (Å²) in [6.07, 6.45) is 0.633. The van der Waals surface area contributed by atoms with Crippen molar-refractivity contribution in [2.45, 2.75) is 33.2 Å². The summed E-state index contributed by atoms with van der Waals surface area (Å²) in [6, 6.07) is 0.566. The molecule has 0 N–H and O–H groups in total. The van der Waals surface area contributed by atoms with Gasteiger partial charge >= 0.3 is 8.80 Å². The molecular weight excluding hydrogens is 346 g/mol. The van der Waals surface area contributed by atoms with Crippen LogP contribution in [0, 0.1) is 0 Å². The Bertz CT molecular complexity index is 314. The van der Waals surface area contributed by atoms with Crippen LogP contribution in [-0.4, -0.2) is 74.8 Å². The molecule has 0 heterocycles. The maximum absolute atomic E-state index is 8.42. The molecule has 0 unspecified atom stereocenters. The minimum Gasteiger partial charge on any atom is -0.379 e. The summed E-state index contributed by atoms with van der Waals surface area (Å²) < 4.78 is 34.0. The van der Waals surface area contributed by atoms with Gasteiger partial charge in [-0.25, -0.2) is 0 Å². The van der Waals surface area contributed by atoms with Gasteiger partial charge in [0.05, 0.1) is 39.6 Å². The van der Waals surface area contributed by atoms with Crippen LogP contribution >= 0.6 is 0 Å². The average Bonchev–Trinajstić information content (AvgIpc) is 2.63. The lowest BCUT2D eigenvalue weighted by atomic mass is 10.5. The lowest BCUT2D eigenvalue weighted by Crippen LogP contribution is -2.48. The molecule has 0 aliphatic carbocycles. The fourth-order valence-electron chi connectivity index (χ4n) is 1.95. The van der Waals surface area contributed by atoms with Crippen molar-refractivity contribution in [3.63, 3.8) is 0 Å². The first-order chi connectivity index (χ1) is 12.2. The molecule has 0 bridgehead atoms. The van der Waals surface area contributed by atoms with E-state index in [1.165, 1.54) is 0 Å². The number of ether oxygens (including phenoxy) is 3. The third-order valence-corrected chi connectivity index (χ3v) is 5.96. The lowest BCUT2D eigenvalue weighted by Gasteiger charge is -2.29. The van der Waals surface area contributed by atoms with Crippen LogP contribution in [-0.2, 0) is 27.5 Å². The Morgan fingerprint density at radius 2 is 1.20 bits per heavy atom. The number of nitrogens with zero attached hydrogens (tertiary/aromatic N) is 3. The van der Waals surface area contributed by atoms with Crippen LogP contribution in [0.5, 0.6) is 0 Å². The van der Waals surface area contributed by atoms with Crippen LogP contribution in [0.4, 0.5) is 0 Å². The first-order valence-corrected chi connectivity index (χ1v) is 10.8. The highest BCUT2D eigenvalue weighted by Crippen LogP contribution is 2.18. The number of azide groups is 1. The Kier molecular flexibility index (Phi) is 17.6. The summed E-state index contributed by atoms with van der Waals surface area (Å²) in [5, 5.41) is 3.57. The van der Waals surface area contributed by atoms with Crippen molar-refractivity contribution in [2.75, 3.05) is 66.0 Å². The van der Waals surface area contributed by atoms with Gasteiger partial charge in [0.1, 0.15) is 0 Å². The Labute approximate surface area is 151 Å². The van der Waals surface area contributed by atoms with Gasteiger partial charge in [0.2, 0.25) is 0 Å². The first-order valence-electron chi connectivity index (χ1n) is 8.90. The van der Waals surface area contributed by atoms with Crippen LogP contribution in [0.1, 0.15) is 27.2 Å². The molecule has 0 rings (SSSR count). The zero-order valence-electron chi connectivity index (χ0n) is 15.8. The molecule has 0 aromatic rings. The molecule has 0 amide bonds. The maximum Gasteiger partial charge on any atom is 0.501 e. The third kappa shape index (κ3) is 14.2. The zero-order valence-corrected chi connectivity index (χ0v) is 16.8. The Balaban J connectivity index is 4.70. The molecule has 0 aromatic carbocycles. The van der Waals surface area contributed by atoms with Gasteiger partial charge in [-0.1, -0.05) is 5.11 Å². The molecule has 10 heteroatoms. The van der Waals surface area contributed by atoms with E-state index in [0.29, 0.717) is 78.5 Å². The summed E-state index contributed by atoms with van der Waals surface area (Å²) >= 11 is 0. The van der Waals surface area contributed by atoms with Crippen LogP contribution in [0.2, 0.25) is 6.04 Å². The minimum atomic E-state index is -2.92. The van der Waals surface area contributed by atoms with Crippen LogP contribution in [0.25, 0.3) is 10.4 Å². The predicted octanol–water partition coefficient (Wildman–Crippen LogP) is 2.79. The van der Waals surface area contributed by atoms with E-state index in [2.05, 4.69) is 10.0 Å². The molecule has 0 fully saturated rings. The molecule has 0 aliphatic heterocycles. The second kappa shape index (κ2) is 18.1. The third-order valence-electron chi connectivity index (χ3n) is 3.07. The molecule has 0 atom stereocenters. The zero-order chi connectivity index (χ0) is 18.6. The second-order valence-corrected chi connectivity index (χ2v) is 7.61. The van der Waals surface area contributed by atoms with Gasteiger partial charge in [0.15, 0.2) is 0 Å². The first kappa shape index (κ1) is 24.3. The number of hydrogen-bond donors (Lipinski definition) is 0. The summed E-state index contributed by atoms with van der Waals surface area (Å²) in [6.45, 7) is 10.7. The molecule has 0 saturated heterocycles. The van der Waals surface area contributed by atoms with E-state index in [4.69, 9.17) is 33.0 Å². The molecule has 0 aliphatic rings. The SMILES string of the molecule is CCOCCO[Si](CCCN=[N+]=[N-])(OCCOCC)OCCOCC. The highest BCUT2D eigenvalue weighted by molar-refractivity contribution is 6.60. The molecule has 148 valence electrons. The van der Waals surface area contributed by atoms with E-state index in [1.807, 2.05) is 20.8 Å². The van der Waals surface area contributed by atoms with Gasteiger partial charge in [-0.15, -0.1) is 0 Å². The molecule has 0 saturated carbocycles. The Morgan fingerprint density at radius 3 is 1.56 bits per heavy atom. The van der Waals surface area contributed by atoms with Gasteiger partial charge < -0.3 is 27.5 Å². The normalized spacial score (nSPS) is 11.5. The molecule has 0 spiro atoms. The fourth-order valence-corrected chi connectivity index (χ4v) is 4.41. The van der Waals surface area contributed by atoms with Crippen LogP contribution < -0.4 is 0 Å². The largest absolute Gasteiger partial charge is 0.501 e. The van der Waals surface area contributed by atoms with Gasteiger partial charge in [-0.05, 0) is 32.7 Å². The van der Waals surface area contributed by atoms with E-state index in [9.17, 15) is 0 Å². The summed E-state index contributed by atoms with van der Waals surface area (Å²) in [5.74, 6) is 0. The summed E-state index contributed by atoms with van der Waals surface area (Å²) in [5.41, 5.74) is 8.42. The van der Waals surface area contributed by atoms with Gasteiger partial charge in [-0.3, -0.25) is 0 Å². The van der Waals surface area contributed by atoms with Crippen LogP contribution in [0.3, 0.4) is 0 Å². The maximum atomic E-state index is 8.42. The van der Waals surface area contributed by atoms with Crippen molar-refractivity contribution in [1.29, 1.82) is 0 Å². The topological polar surface area (TPSA) is 104 Å². The Morgan fingerprint density at radius 1 is 0.760 bits per heavy atom. The van der Waals surface area contributed by atoms with E-state index < -0.39 is 8.80 Å². The average molecular weight is 380 g/mol. The quantitative estimate of drug-likeness (QED) is 0.112. The fraction of sp³-hybridized carbons (Fsp3) is 1.00. The number of rotatable bonds is 19. The van der Waals surface area contributed by atoms with Crippen molar-refractivity contribution >= 4 is 8.80 Å². The highest BCUT2D eigenvalue weighted by atomic mass is 28.4. The minimum absolute atomic E-state index is 0.379. The van der Waals surface area contributed by atoms with Gasteiger partial charge in [0, 0.05) is 37.3 Å². The smallest absolute Gasteiger partial charge is 0.379 e. The molecular formula is C15H33N3O6Si. The van der Waals surface area contributed by atoms with Crippen molar-refractivity contribution in [2.24, 2.45) is 5.11 Å². The van der Waals surface area contributed by atoms with E-state index >= 15 is 0 Å². The predicted molar refractivity (Wildman–Crippen MR) is 96.5 cm³/mol. The molecule has 25 heavy (non-hydrogen) atoms. The Hall–Kier alpha value is -0.713. The lowest BCUT2D eigenvalue weighted by molar-refractivity contribution is 0.00335. The van der Waals surface area contributed by atoms with E-state index in [1.54, 1.807) is 0 Å². The highest BCUT2D eigenvalue weighted by Gasteiger charge is 2.40. The standard InChI is InChI=1S/C15H33N3O6Si/c1-4-19-9-12-22-25(15-7-8-17-18-16,23-13-10-20-5-2)24-14-11-21-6-3/h4-15H2,1-3H3. The summed E-state index contributed by atoms with van der Waals surface area (Å²) in [7, 11) is -2.92. The molecule has 0 radical (unpaired) electrons. The van der Waals surface area contributed by atoms with Crippen molar-refractivity contribution in [1.82, 2.24) is 0 Å². The van der Waals surface area contributed by atoms with Gasteiger partial charge in [-0.2, -0.15) is 0 Å². The molecule has 9 nitrogen and oxygen atoms in total. The second-order valence-electron chi connectivity index (χ2n) is 4.88. The molecule has 0 aromatic heterocycles. The van der Waals surface area contributed by atoms with E-state index in [-0.39, 0.29) is 0 Å². The number of hydrogen-bond acceptors (Lipinski definition) is 7. The van der Waals surface area contributed by atoms with Crippen molar-refractivity contribution < 1.29 is 27.5 Å². The van der Waals surface area contributed by atoms with Gasteiger partial charge in [0.25, 0.3) is 0 Å². The van der Waals surface area contributed by atoms with Crippen LogP contribution in [0.15, 0.2) is 5.11 Å². The summed E-state index contributed by atoms with van der Waals surface area (Å²) in [4.78, 5) is 2.77. The monoisotopic (exact) mass is 379 g/mol. The van der Waals surface area contributed by atoms with E-state index in [0.717, 1.165) is 0 Å². The van der Waals surface area contributed by atoms with Crippen molar-refractivity contribution in [3.05, 3.63) is 10.4 Å².